The number of nitrogens with one attached hydrogen (secondary N) is 1. The Hall–Kier alpha value is -3.27. The second-order valence-corrected chi connectivity index (χ2v) is 6.46. The third kappa shape index (κ3) is 4.88. The molecule has 0 heterocycles. The van der Waals surface area contributed by atoms with Gasteiger partial charge in [-0.15, -0.1) is 0 Å². The second-order valence-electron chi connectivity index (χ2n) is 6.46. The molecule has 0 aliphatic heterocycles. The Morgan fingerprint density at radius 3 is 2.30 bits per heavy atom. The highest BCUT2D eigenvalue weighted by molar-refractivity contribution is 6.04. The molecule has 4 nitrogen and oxygen atoms in total. The number of carbonyl (C=O) groups excluding carboxylic acids is 1. The van der Waals surface area contributed by atoms with Crippen LogP contribution < -0.4 is 14.8 Å². The van der Waals surface area contributed by atoms with E-state index < -0.39 is 0 Å². The molecule has 0 aromatic heterocycles. The SMILES string of the molecule is COc1ccc(C(=O)Nc2ccccc2)cc1COc1cc(C)cc(C)c1. The van der Waals surface area contributed by atoms with Gasteiger partial charge in [-0.3, -0.25) is 4.79 Å². The summed E-state index contributed by atoms with van der Waals surface area (Å²) in [6, 6.07) is 20.8. The molecule has 0 saturated heterocycles. The van der Waals surface area contributed by atoms with Crippen LogP contribution in [-0.2, 0) is 6.61 Å². The van der Waals surface area contributed by atoms with Crippen molar-refractivity contribution in [2.75, 3.05) is 12.4 Å². The summed E-state index contributed by atoms with van der Waals surface area (Å²) in [5.74, 6) is 1.32. The van der Waals surface area contributed by atoms with E-state index in [4.69, 9.17) is 9.47 Å². The maximum absolute atomic E-state index is 12.5. The molecule has 0 spiro atoms. The van der Waals surface area contributed by atoms with Crippen molar-refractivity contribution < 1.29 is 14.3 Å². The summed E-state index contributed by atoms with van der Waals surface area (Å²) >= 11 is 0. The fourth-order valence-corrected chi connectivity index (χ4v) is 2.93. The zero-order chi connectivity index (χ0) is 19.2. The average molecular weight is 361 g/mol. The number of carbonyl (C=O) groups is 1. The van der Waals surface area contributed by atoms with Gasteiger partial charge in [-0.05, 0) is 67.4 Å². The summed E-state index contributed by atoms with van der Waals surface area (Å²) < 4.78 is 11.4. The quantitative estimate of drug-likeness (QED) is 0.661. The summed E-state index contributed by atoms with van der Waals surface area (Å²) in [6.07, 6.45) is 0. The normalized spacial score (nSPS) is 10.3. The van der Waals surface area contributed by atoms with Gasteiger partial charge in [0.05, 0.1) is 7.11 Å². The lowest BCUT2D eigenvalue weighted by Gasteiger charge is -2.13. The van der Waals surface area contributed by atoms with Crippen molar-refractivity contribution in [3.8, 4) is 11.5 Å². The molecule has 0 aliphatic rings. The number of hydrogen-bond donors (Lipinski definition) is 1. The van der Waals surface area contributed by atoms with Gasteiger partial charge >= 0.3 is 0 Å². The van der Waals surface area contributed by atoms with Gasteiger partial charge in [0.15, 0.2) is 0 Å². The number of amides is 1. The number of ether oxygens (including phenoxy) is 2. The highest BCUT2D eigenvalue weighted by Crippen LogP contribution is 2.24. The minimum absolute atomic E-state index is 0.170. The molecule has 3 aromatic carbocycles. The highest BCUT2D eigenvalue weighted by Gasteiger charge is 2.11. The summed E-state index contributed by atoms with van der Waals surface area (Å²) in [4.78, 5) is 12.5. The predicted octanol–water partition coefficient (Wildman–Crippen LogP) is 5.14. The van der Waals surface area contributed by atoms with Crippen LogP contribution in [0.3, 0.4) is 0 Å². The molecule has 3 aromatic rings. The number of methoxy groups -OCH3 is 1. The molecular weight excluding hydrogens is 338 g/mol. The minimum Gasteiger partial charge on any atom is -0.496 e. The third-order valence-electron chi connectivity index (χ3n) is 4.16. The van der Waals surface area contributed by atoms with Crippen molar-refractivity contribution in [1.82, 2.24) is 0 Å². The molecule has 3 rings (SSSR count). The van der Waals surface area contributed by atoms with Crippen molar-refractivity contribution in [1.29, 1.82) is 0 Å². The maximum atomic E-state index is 12.5. The molecule has 4 heteroatoms. The largest absolute Gasteiger partial charge is 0.496 e. The van der Waals surface area contributed by atoms with Crippen LogP contribution >= 0.6 is 0 Å². The highest BCUT2D eigenvalue weighted by atomic mass is 16.5. The van der Waals surface area contributed by atoms with E-state index in [1.807, 2.05) is 56.3 Å². The van der Waals surface area contributed by atoms with Gasteiger partial charge in [-0.1, -0.05) is 24.3 Å². The van der Waals surface area contributed by atoms with Gasteiger partial charge in [-0.2, -0.15) is 0 Å². The number of aryl methyl sites for hydroxylation is 2. The lowest BCUT2D eigenvalue weighted by atomic mass is 10.1. The molecule has 0 saturated carbocycles. The van der Waals surface area contributed by atoms with E-state index in [2.05, 4.69) is 11.4 Å². The molecule has 27 heavy (non-hydrogen) atoms. The molecule has 138 valence electrons. The minimum atomic E-state index is -0.170. The van der Waals surface area contributed by atoms with E-state index in [9.17, 15) is 4.79 Å². The molecule has 0 bridgehead atoms. The standard InChI is InChI=1S/C23H23NO3/c1-16-11-17(2)13-21(12-16)27-15-19-14-18(9-10-22(19)26-3)23(25)24-20-7-5-4-6-8-20/h4-14H,15H2,1-3H3,(H,24,25). The number of hydrogen-bond acceptors (Lipinski definition) is 3. The molecule has 1 N–H and O–H groups in total. The first kappa shape index (κ1) is 18.5. The zero-order valence-electron chi connectivity index (χ0n) is 15.8. The van der Waals surface area contributed by atoms with Crippen LogP contribution in [0, 0.1) is 13.8 Å². The number of benzene rings is 3. The van der Waals surface area contributed by atoms with Crippen molar-refractivity contribution in [2.24, 2.45) is 0 Å². The van der Waals surface area contributed by atoms with E-state index in [1.54, 1.807) is 25.3 Å². The van der Waals surface area contributed by atoms with Crippen LogP contribution in [0.5, 0.6) is 11.5 Å². The average Bonchev–Trinajstić information content (AvgIpc) is 2.66. The Bertz CT molecular complexity index is 915. The summed E-state index contributed by atoms with van der Waals surface area (Å²) in [5, 5.41) is 2.89. The van der Waals surface area contributed by atoms with Gasteiger partial charge in [0.1, 0.15) is 18.1 Å². The van der Waals surface area contributed by atoms with Gasteiger partial charge in [0.25, 0.3) is 5.91 Å². The molecule has 0 aliphatic carbocycles. The first-order valence-electron chi connectivity index (χ1n) is 8.79. The fourth-order valence-electron chi connectivity index (χ4n) is 2.93. The van der Waals surface area contributed by atoms with Gasteiger partial charge < -0.3 is 14.8 Å². The smallest absolute Gasteiger partial charge is 0.255 e. The monoisotopic (exact) mass is 361 g/mol. The van der Waals surface area contributed by atoms with Crippen molar-refractivity contribution >= 4 is 11.6 Å². The van der Waals surface area contributed by atoms with Crippen molar-refractivity contribution in [2.45, 2.75) is 20.5 Å². The number of anilines is 1. The molecule has 0 fully saturated rings. The van der Waals surface area contributed by atoms with Crippen LogP contribution in [-0.4, -0.2) is 13.0 Å². The third-order valence-corrected chi connectivity index (χ3v) is 4.16. The van der Waals surface area contributed by atoms with E-state index >= 15 is 0 Å². The first-order chi connectivity index (χ1) is 13.0. The van der Waals surface area contributed by atoms with Crippen LogP contribution in [0.25, 0.3) is 0 Å². The van der Waals surface area contributed by atoms with Gasteiger partial charge in [0, 0.05) is 16.8 Å². The summed E-state index contributed by atoms with van der Waals surface area (Å²) in [6.45, 7) is 4.39. The van der Waals surface area contributed by atoms with Crippen LogP contribution in [0.4, 0.5) is 5.69 Å². The predicted molar refractivity (Wildman–Crippen MR) is 108 cm³/mol. The topological polar surface area (TPSA) is 47.6 Å². The van der Waals surface area contributed by atoms with Crippen molar-refractivity contribution in [3.05, 3.63) is 89.0 Å². The first-order valence-corrected chi connectivity index (χ1v) is 8.79. The van der Waals surface area contributed by atoms with Crippen LogP contribution in [0.2, 0.25) is 0 Å². The summed E-state index contributed by atoms with van der Waals surface area (Å²) in [7, 11) is 1.61. The Balaban J connectivity index is 1.77. The van der Waals surface area contributed by atoms with Crippen molar-refractivity contribution in [3.63, 3.8) is 0 Å². The molecule has 0 radical (unpaired) electrons. The lowest BCUT2D eigenvalue weighted by molar-refractivity contribution is 0.102. The molecular formula is C23H23NO3. The molecule has 0 atom stereocenters. The fraction of sp³-hybridized carbons (Fsp3) is 0.174. The second kappa shape index (κ2) is 8.41. The molecule has 0 unspecified atom stereocenters. The van der Waals surface area contributed by atoms with E-state index in [0.717, 1.165) is 28.1 Å². The van der Waals surface area contributed by atoms with Crippen LogP contribution in [0.15, 0.2) is 66.7 Å². The van der Waals surface area contributed by atoms with E-state index in [0.29, 0.717) is 17.9 Å². The lowest BCUT2D eigenvalue weighted by Crippen LogP contribution is -2.12. The molecule has 1 amide bonds. The Labute approximate surface area is 159 Å². The number of rotatable bonds is 6. The van der Waals surface area contributed by atoms with Gasteiger partial charge in [-0.25, -0.2) is 0 Å². The zero-order valence-corrected chi connectivity index (χ0v) is 15.8. The Morgan fingerprint density at radius 2 is 1.63 bits per heavy atom. The summed E-state index contributed by atoms with van der Waals surface area (Å²) in [5.41, 5.74) is 4.42. The van der Waals surface area contributed by atoms with E-state index in [-0.39, 0.29) is 5.91 Å². The Morgan fingerprint density at radius 1 is 0.926 bits per heavy atom. The van der Waals surface area contributed by atoms with E-state index in [1.165, 1.54) is 0 Å². The van der Waals surface area contributed by atoms with Crippen LogP contribution in [0.1, 0.15) is 27.0 Å². The van der Waals surface area contributed by atoms with Gasteiger partial charge in [0.2, 0.25) is 0 Å². The Kier molecular flexibility index (Phi) is 5.77. The number of para-hydroxylation sites is 1. The maximum Gasteiger partial charge on any atom is 0.255 e.